The van der Waals surface area contributed by atoms with Gasteiger partial charge in [-0.3, -0.25) is 14.5 Å². The number of carbonyl (C=O) groups is 3. The van der Waals surface area contributed by atoms with E-state index in [0.29, 0.717) is 27.1 Å². The Labute approximate surface area is 209 Å². The summed E-state index contributed by atoms with van der Waals surface area (Å²) in [5, 5.41) is 11.9. The van der Waals surface area contributed by atoms with Gasteiger partial charge in [-0.05, 0) is 66.2 Å². The van der Waals surface area contributed by atoms with E-state index in [9.17, 15) is 18.8 Å². The molecule has 1 atom stereocenters. The molecule has 0 spiro atoms. The van der Waals surface area contributed by atoms with Crippen molar-refractivity contribution in [1.82, 2.24) is 4.90 Å². The van der Waals surface area contributed by atoms with Gasteiger partial charge in [0.05, 0.1) is 17.8 Å². The predicted molar refractivity (Wildman–Crippen MR) is 134 cm³/mol. The van der Waals surface area contributed by atoms with E-state index in [0.717, 1.165) is 11.8 Å². The Balaban J connectivity index is 1.57. The van der Waals surface area contributed by atoms with Crippen molar-refractivity contribution in [2.75, 3.05) is 5.32 Å². The lowest BCUT2D eigenvalue weighted by atomic mass is 10.2. The largest absolute Gasteiger partial charge is 0.478 e. The Hall–Kier alpha value is -3.69. The molecule has 1 aliphatic rings. The van der Waals surface area contributed by atoms with Crippen LogP contribution in [0.5, 0.6) is 0 Å². The highest BCUT2D eigenvalue weighted by molar-refractivity contribution is 8.15. The standard InChI is InChI=1S/C25H19ClFN3O4S/c26-17-5-11-20(12-6-17)29-25-30(14-15-1-7-18(27)8-2-15)22(31)13-21(35-25)23(32)28-19-9-3-16(4-10-19)24(33)34/h1-12,21H,13-14H2,(H,28,32)(H,33,34). The van der Waals surface area contributed by atoms with E-state index in [1.54, 1.807) is 36.4 Å². The van der Waals surface area contributed by atoms with Crippen LogP contribution in [0.4, 0.5) is 15.8 Å². The summed E-state index contributed by atoms with van der Waals surface area (Å²) in [6, 6.07) is 18.3. The molecule has 35 heavy (non-hydrogen) atoms. The monoisotopic (exact) mass is 511 g/mol. The van der Waals surface area contributed by atoms with Crippen molar-refractivity contribution >= 4 is 57.7 Å². The van der Waals surface area contributed by atoms with E-state index in [1.165, 1.54) is 41.3 Å². The van der Waals surface area contributed by atoms with Crippen LogP contribution in [0.3, 0.4) is 0 Å². The number of anilines is 1. The number of thioether (sulfide) groups is 1. The smallest absolute Gasteiger partial charge is 0.335 e. The van der Waals surface area contributed by atoms with E-state index in [2.05, 4.69) is 10.3 Å². The van der Waals surface area contributed by atoms with Crippen molar-refractivity contribution in [1.29, 1.82) is 0 Å². The maximum absolute atomic E-state index is 13.3. The third-order valence-corrected chi connectivity index (χ3v) is 6.58. The minimum Gasteiger partial charge on any atom is -0.478 e. The first kappa shape index (κ1) is 24.4. The van der Waals surface area contributed by atoms with Gasteiger partial charge in [0.1, 0.15) is 11.1 Å². The highest BCUT2D eigenvalue weighted by Gasteiger charge is 2.36. The summed E-state index contributed by atoms with van der Waals surface area (Å²) in [7, 11) is 0. The number of rotatable bonds is 6. The highest BCUT2D eigenvalue weighted by Crippen LogP contribution is 2.31. The number of amidine groups is 1. The van der Waals surface area contributed by atoms with Crippen LogP contribution < -0.4 is 5.32 Å². The molecule has 0 aliphatic carbocycles. The van der Waals surface area contributed by atoms with Crippen LogP contribution in [-0.2, 0) is 16.1 Å². The number of benzene rings is 3. The molecule has 10 heteroatoms. The summed E-state index contributed by atoms with van der Waals surface area (Å²) in [6.45, 7) is 0.170. The van der Waals surface area contributed by atoms with Crippen molar-refractivity contribution < 1.29 is 23.9 Å². The molecular weight excluding hydrogens is 493 g/mol. The normalized spacial score (nSPS) is 16.9. The first-order valence-corrected chi connectivity index (χ1v) is 11.7. The van der Waals surface area contributed by atoms with Crippen LogP contribution in [0.2, 0.25) is 5.02 Å². The number of carboxylic acid groups (broad SMARTS) is 1. The van der Waals surface area contributed by atoms with Gasteiger partial charge in [-0.2, -0.15) is 0 Å². The van der Waals surface area contributed by atoms with Crippen LogP contribution in [0.1, 0.15) is 22.3 Å². The maximum Gasteiger partial charge on any atom is 0.335 e. The Morgan fingerprint density at radius 2 is 1.71 bits per heavy atom. The van der Waals surface area contributed by atoms with Gasteiger partial charge in [-0.1, -0.05) is 35.5 Å². The maximum atomic E-state index is 13.3. The fourth-order valence-corrected chi connectivity index (χ4v) is 4.54. The molecule has 2 amide bonds. The van der Waals surface area contributed by atoms with Crippen LogP contribution >= 0.6 is 23.4 Å². The van der Waals surface area contributed by atoms with Gasteiger partial charge in [0.15, 0.2) is 5.17 Å². The molecule has 4 rings (SSSR count). The number of aromatic carboxylic acids is 1. The number of hydrogen-bond donors (Lipinski definition) is 2. The topological polar surface area (TPSA) is 99.1 Å². The van der Waals surface area contributed by atoms with Crippen LogP contribution in [0.25, 0.3) is 0 Å². The number of nitrogens with one attached hydrogen (secondary N) is 1. The molecule has 2 N–H and O–H groups in total. The van der Waals surface area contributed by atoms with Crippen LogP contribution in [0, 0.1) is 5.82 Å². The second kappa shape index (κ2) is 10.7. The lowest BCUT2D eigenvalue weighted by Crippen LogP contribution is -2.44. The molecule has 0 aromatic heterocycles. The third-order valence-electron chi connectivity index (χ3n) is 5.14. The number of nitrogens with zero attached hydrogens (tertiary/aromatic N) is 2. The molecule has 1 saturated heterocycles. The van der Waals surface area contributed by atoms with Crippen molar-refractivity contribution in [3.63, 3.8) is 0 Å². The summed E-state index contributed by atoms with van der Waals surface area (Å²) in [5.74, 6) is -2.16. The summed E-state index contributed by atoms with van der Waals surface area (Å²) in [4.78, 5) is 43.1. The van der Waals surface area contributed by atoms with Gasteiger partial charge in [0, 0.05) is 17.1 Å². The minimum atomic E-state index is -1.07. The molecule has 1 heterocycles. The van der Waals surface area contributed by atoms with Crippen molar-refractivity contribution in [2.24, 2.45) is 4.99 Å². The Morgan fingerprint density at radius 3 is 2.34 bits per heavy atom. The van der Waals surface area contributed by atoms with Gasteiger partial charge < -0.3 is 10.4 Å². The fourth-order valence-electron chi connectivity index (χ4n) is 3.31. The van der Waals surface area contributed by atoms with Gasteiger partial charge in [-0.15, -0.1) is 0 Å². The number of carboxylic acids is 1. The third kappa shape index (κ3) is 6.26. The summed E-state index contributed by atoms with van der Waals surface area (Å²) < 4.78 is 13.3. The lowest BCUT2D eigenvalue weighted by molar-refractivity contribution is -0.129. The highest BCUT2D eigenvalue weighted by atomic mass is 35.5. The van der Waals surface area contributed by atoms with Gasteiger partial charge in [0.25, 0.3) is 0 Å². The number of carbonyl (C=O) groups excluding carboxylic acids is 2. The van der Waals surface area contributed by atoms with Gasteiger partial charge >= 0.3 is 5.97 Å². The minimum absolute atomic E-state index is 0.0649. The average Bonchev–Trinajstić information content (AvgIpc) is 2.84. The van der Waals surface area contributed by atoms with Gasteiger partial charge in [-0.25, -0.2) is 14.2 Å². The van der Waals surface area contributed by atoms with E-state index in [-0.39, 0.29) is 30.3 Å². The molecule has 1 aliphatic heterocycles. The molecule has 1 fully saturated rings. The molecule has 3 aromatic rings. The molecular formula is C25H19ClFN3O4S. The first-order chi connectivity index (χ1) is 16.8. The van der Waals surface area contributed by atoms with Crippen LogP contribution in [0.15, 0.2) is 77.8 Å². The van der Waals surface area contributed by atoms with Gasteiger partial charge in [0.2, 0.25) is 11.8 Å². The second-order valence-electron chi connectivity index (χ2n) is 7.66. The molecule has 178 valence electrons. The summed E-state index contributed by atoms with van der Waals surface area (Å²) in [5.41, 5.74) is 1.78. The van der Waals surface area contributed by atoms with E-state index >= 15 is 0 Å². The van der Waals surface area contributed by atoms with Crippen molar-refractivity contribution in [3.8, 4) is 0 Å². The number of halogens is 2. The molecule has 1 unspecified atom stereocenters. The Bertz CT molecular complexity index is 1280. The second-order valence-corrected chi connectivity index (χ2v) is 9.27. The summed E-state index contributed by atoms with van der Waals surface area (Å²) >= 11 is 7.10. The number of hydrogen-bond acceptors (Lipinski definition) is 5. The predicted octanol–water partition coefficient (Wildman–Crippen LogP) is 5.34. The molecule has 0 bridgehead atoms. The van der Waals surface area contributed by atoms with Crippen molar-refractivity contribution in [2.45, 2.75) is 18.2 Å². The quantitative estimate of drug-likeness (QED) is 0.465. The Kier molecular flexibility index (Phi) is 7.48. The van der Waals surface area contributed by atoms with E-state index in [1.807, 2.05) is 0 Å². The summed E-state index contributed by atoms with van der Waals surface area (Å²) in [6.07, 6.45) is -0.0649. The zero-order chi connectivity index (χ0) is 24.9. The first-order valence-electron chi connectivity index (χ1n) is 10.5. The molecule has 0 radical (unpaired) electrons. The van der Waals surface area contributed by atoms with E-state index in [4.69, 9.17) is 16.7 Å². The van der Waals surface area contributed by atoms with E-state index < -0.39 is 17.1 Å². The SMILES string of the molecule is O=C(O)c1ccc(NC(=O)C2CC(=O)N(Cc3ccc(F)cc3)C(=Nc3ccc(Cl)cc3)S2)cc1. The number of amides is 2. The Morgan fingerprint density at radius 1 is 1.06 bits per heavy atom. The average molecular weight is 512 g/mol. The van der Waals surface area contributed by atoms with Crippen molar-refractivity contribution in [3.05, 3.63) is 94.8 Å². The van der Waals surface area contributed by atoms with Crippen LogP contribution in [-0.4, -0.2) is 38.2 Å². The molecule has 7 nitrogen and oxygen atoms in total. The number of aliphatic imine (C=N–C) groups is 1. The lowest BCUT2D eigenvalue weighted by Gasteiger charge is -2.32. The molecule has 0 saturated carbocycles. The fraction of sp³-hybridized carbons (Fsp3) is 0.120. The molecule has 3 aromatic carbocycles. The zero-order valence-corrected chi connectivity index (χ0v) is 19.7. The zero-order valence-electron chi connectivity index (χ0n) is 18.2.